The van der Waals surface area contributed by atoms with Crippen molar-refractivity contribution in [1.82, 2.24) is 0 Å². The first-order chi connectivity index (χ1) is 11.4. The highest BCUT2D eigenvalue weighted by Crippen LogP contribution is 2.26. The Balaban J connectivity index is 2.16. The SMILES string of the molecule is COc1ccc(C(C)=NOCc2c(C)c(C)c(C)c(C)c2C)cc1. The molecule has 0 aliphatic rings. The van der Waals surface area contributed by atoms with Crippen molar-refractivity contribution in [2.45, 2.75) is 48.1 Å². The van der Waals surface area contributed by atoms with Gasteiger partial charge in [0.15, 0.2) is 0 Å². The van der Waals surface area contributed by atoms with E-state index < -0.39 is 0 Å². The monoisotopic (exact) mass is 325 g/mol. The molecule has 0 N–H and O–H groups in total. The molecule has 0 radical (unpaired) electrons. The van der Waals surface area contributed by atoms with Gasteiger partial charge in [0.2, 0.25) is 0 Å². The molecule has 0 aliphatic heterocycles. The zero-order valence-electron chi connectivity index (χ0n) is 15.8. The highest BCUT2D eigenvalue weighted by atomic mass is 16.6. The van der Waals surface area contributed by atoms with Crippen LogP contribution in [0.1, 0.15) is 45.9 Å². The van der Waals surface area contributed by atoms with Crippen molar-refractivity contribution in [3.05, 3.63) is 63.2 Å². The van der Waals surface area contributed by atoms with Crippen molar-refractivity contribution in [2.75, 3.05) is 7.11 Å². The molecular weight excluding hydrogens is 298 g/mol. The number of oxime groups is 1. The Morgan fingerprint density at radius 3 is 1.83 bits per heavy atom. The highest BCUT2D eigenvalue weighted by molar-refractivity contribution is 5.98. The van der Waals surface area contributed by atoms with Gasteiger partial charge in [-0.1, -0.05) is 5.16 Å². The summed E-state index contributed by atoms with van der Waals surface area (Å²) in [5, 5.41) is 4.28. The third-order valence-corrected chi connectivity index (χ3v) is 5.07. The molecule has 0 heterocycles. The number of hydrogen-bond acceptors (Lipinski definition) is 3. The van der Waals surface area contributed by atoms with E-state index in [2.05, 4.69) is 39.8 Å². The van der Waals surface area contributed by atoms with Gasteiger partial charge in [-0.15, -0.1) is 0 Å². The Labute approximate surface area is 145 Å². The van der Waals surface area contributed by atoms with Gasteiger partial charge in [0.1, 0.15) is 12.4 Å². The quantitative estimate of drug-likeness (QED) is 0.560. The summed E-state index contributed by atoms with van der Waals surface area (Å²) in [7, 11) is 1.66. The summed E-state index contributed by atoms with van der Waals surface area (Å²) in [5.74, 6) is 0.837. The molecule has 0 aromatic heterocycles. The van der Waals surface area contributed by atoms with E-state index in [0.717, 1.165) is 17.0 Å². The average Bonchev–Trinajstić information content (AvgIpc) is 2.61. The summed E-state index contributed by atoms with van der Waals surface area (Å²) in [5.41, 5.74) is 9.77. The fourth-order valence-electron chi connectivity index (χ4n) is 2.87. The number of ether oxygens (including phenoxy) is 1. The molecule has 3 heteroatoms. The molecule has 0 aliphatic carbocycles. The van der Waals surface area contributed by atoms with Crippen LogP contribution in [0.4, 0.5) is 0 Å². The zero-order chi connectivity index (χ0) is 17.9. The molecule has 0 saturated carbocycles. The standard InChI is InChI=1S/C21H27NO2/c1-13-14(2)16(4)21(17(5)15(13)3)12-24-22-18(6)19-8-10-20(23-7)11-9-19/h8-11H,12H2,1-7H3. The minimum Gasteiger partial charge on any atom is -0.497 e. The molecule has 2 aromatic carbocycles. The Morgan fingerprint density at radius 2 is 1.33 bits per heavy atom. The number of benzene rings is 2. The van der Waals surface area contributed by atoms with Crippen LogP contribution in [-0.4, -0.2) is 12.8 Å². The van der Waals surface area contributed by atoms with E-state index in [-0.39, 0.29) is 0 Å². The van der Waals surface area contributed by atoms with E-state index in [4.69, 9.17) is 9.57 Å². The largest absolute Gasteiger partial charge is 0.497 e. The molecule has 2 rings (SSSR count). The first-order valence-corrected chi connectivity index (χ1v) is 8.23. The smallest absolute Gasteiger partial charge is 0.142 e. The van der Waals surface area contributed by atoms with Gasteiger partial charge in [-0.2, -0.15) is 0 Å². The van der Waals surface area contributed by atoms with Crippen LogP contribution >= 0.6 is 0 Å². The molecule has 0 saturated heterocycles. The predicted molar refractivity (Wildman–Crippen MR) is 100 cm³/mol. The van der Waals surface area contributed by atoms with Crippen molar-refractivity contribution >= 4 is 5.71 Å². The number of rotatable bonds is 5. The van der Waals surface area contributed by atoms with Crippen molar-refractivity contribution < 1.29 is 9.57 Å². The second-order valence-corrected chi connectivity index (χ2v) is 6.28. The normalized spacial score (nSPS) is 11.5. The highest BCUT2D eigenvalue weighted by Gasteiger charge is 2.12. The maximum absolute atomic E-state index is 5.66. The summed E-state index contributed by atoms with van der Waals surface area (Å²) < 4.78 is 5.18. The first-order valence-electron chi connectivity index (χ1n) is 8.23. The fraction of sp³-hybridized carbons (Fsp3) is 0.381. The molecule has 0 bridgehead atoms. The van der Waals surface area contributed by atoms with Crippen molar-refractivity contribution in [3.8, 4) is 5.75 Å². The predicted octanol–water partition coefficient (Wildman–Crippen LogP) is 5.18. The number of methoxy groups -OCH3 is 1. The molecule has 2 aromatic rings. The van der Waals surface area contributed by atoms with Crippen LogP contribution in [0.15, 0.2) is 29.4 Å². The van der Waals surface area contributed by atoms with Gasteiger partial charge in [-0.3, -0.25) is 0 Å². The van der Waals surface area contributed by atoms with Gasteiger partial charge in [0.05, 0.1) is 12.8 Å². The number of hydrogen-bond donors (Lipinski definition) is 0. The number of nitrogens with zero attached hydrogens (tertiary/aromatic N) is 1. The average molecular weight is 325 g/mol. The Kier molecular flexibility index (Phi) is 5.66. The van der Waals surface area contributed by atoms with E-state index in [1.807, 2.05) is 31.2 Å². The summed E-state index contributed by atoms with van der Waals surface area (Å²) >= 11 is 0. The minimum absolute atomic E-state index is 0.493. The third-order valence-electron chi connectivity index (χ3n) is 5.07. The van der Waals surface area contributed by atoms with E-state index in [9.17, 15) is 0 Å². The van der Waals surface area contributed by atoms with Gasteiger partial charge in [-0.25, -0.2) is 0 Å². The zero-order valence-corrected chi connectivity index (χ0v) is 15.8. The molecule has 0 fully saturated rings. The molecular formula is C21H27NO2. The molecule has 0 amide bonds. The van der Waals surface area contributed by atoms with Gasteiger partial charge in [-0.05, 0) is 105 Å². The molecule has 0 spiro atoms. The van der Waals surface area contributed by atoms with Gasteiger partial charge >= 0.3 is 0 Å². The van der Waals surface area contributed by atoms with Crippen molar-refractivity contribution in [2.24, 2.45) is 5.16 Å². The van der Waals surface area contributed by atoms with Crippen LogP contribution in [-0.2, 0) is 11.4 Å². The van der Waals surface area contributed by atoms with Crippen LogP contribution in [0.25, 0.3) is 0 Å². The molecule has 0 atom stereocenters. The molecule has 128 valence electrons. The summed E-state index contributed by atoms with van der Waals surface area (Å²) in [6, 6.07) is 7.82. The lowest BCUT2D eigenvalue weighted by Crippen LogP contribution is -2.04. The van der Waals surface area contributed by atoms with Crippen LogP contribution in [0, 0.1) is 34.6 Å². The molecule has 0 unspecified atom stereocenters. The van der Waals surface area contributed by atoms with Crippen molar-refractivity contribution in [1.29, 1.82) is 0 Å². The lowest BCUT2D eigenvalue weighted by atomic mass is 9.90. The summed E-state index contributed by atoms with van der Waals surface area (Å²) in [6.45, 7) is 13.3. The van der Waals surface area contributed by atoms with Crippen LogP contribution in [0.5, 0.6) is 5.75 Å². The second kappa shape index (κ2) is 7.52. The third kappa shape index (κ3) is 3.61. The first kappa shape index (κ1) is 18.1. The van der Waals surface area contributed by atoms with Crippen LogP contribution in [0.2, 0.25) is 0 Å². The second-order valence-electron chi connectivity index (χ2n) is 6.28. The van der Waals surface area contributed by atoms with Crippen LogP contribution < -0.4 is 4.74 Å². The van der Waals surface area contributed by atoms with E-state index in [1.165, 1.54) is 33.4 Å². The van der Waals surface area contributed by atoms with Gasteiger partial charge in [0.25, 0.3) is 0 Å². The minimum atomic E-state index is 0.493. The Bertz CT molecular complexity index is 729. The maximum Gasteiger partial charge on any atom is 0.142 e. The topological polar surface area (TPSA) is 30.8 Å². The van der Waals surface area contributed by atoms with E-state index in [0.29, 0.717) is 6.61 Å². The lowest BCUT2D eigenvalue weighted by Gasteiger charge is -2.18. The fourth-order valence-corrected chi connectivity index (χ4v) is 2.87. The van der Waals surface area contributed by atoms with Gasteiger partial charge < -0.3 is 9.57 Å². The van der Waals surface area contributed by atoms with Crippen LogP contribution in [0.3, 0.4) is 0 Å². The Hall–Kier alpha value is -2.29. The molecule has 24 heavy (non-hydrogen) atoms. The maximum atomic E-state index is 5.66. The van der Waals surface area contributed by atoms with Crippen molar-refractivity contribution in [3.63, 3.8) is 0 Å². The Morgan fingerprint density at radius 1 is 0.833 bits per heavy atom. The van der Waals surface area contributed by atoms with Gasteiger partial charge in [0, 0.05) is 0 Å². The van der Waals surface area contributed by atoms with E-state index in [1.54, 1.807) is 7.11 Å². The van der Waals surface area contributed by atoms with E-state index >= 15 is 0 Å². The molecule has 3 nitrogen and oxygen atoms in total. The summed E-state index contributed by atoms with van der Waals surface area (Å²) in [6.07, 6.45) is 0. The summed E-state index contributed by atoms with van der Waals surface area (Å²) in [4.78, 5) is 5.66. The lowest BCUT2D eigenvalue weighted by molar-refractivity contribution is 0.129.